The Labute approximate surface area is 211 Å². The van der Waals surface area contributed by atoms with Gasteiger partial charge in [-0.15, -0.1) is 0 Å². The smallest absolute Gasteiger partial charge is 0.261 e. The number of hydrogen-bond donors (Lipinski definition) is 1. The summed E-state index contributed by atoms with van der Waals surface area (Å²) in [6.07, 6.45) is 2.08. The summed E-state index contributed by atoms with van der Waals surface area (Å²) in [5.41, 5.74) is 0.0481. The quantitative estimate of drug-likeness (QED) is 0.629. The standard InChI is InChI=1S/C25H24ClFN4O5/c1-2-18(33)29-6-7-30-13(11-29)12-36-23-20(25(30)34)24(31-8-9-35-17-10-15(17)31)28-22(21(23)26)19-14(27)4-3-5-16(19)32/h2-5,13,15,17,32H,1,6-12H2/t13-,15?,17?/m1/s1. The van der Waals surface area contributed by atoms with Crippen molar-refractivity contribution in [2.24, 2.45) is 0 Å². The van der Waals surface area contributed by atoms with Crippen molar-refractivity contribution in [3.05, 3.63) is 47.3 Å². The maximum atomic E-state index is 14.9. The first-order chi connectivity index (χ1) is 17.4. The zero-order valence-electron chi connectivity index (χ0n) is 19.3. The molecule has 1 aromatic heterocycles. The highest BCUT2D eigenvalue weighted by atomic mass is 35.5. The highest BCUT2D eigenvalue weighted by Gasteiger charge is 2.49. The summed E-state index contributed by atoms with van der Waals surface area (Å²) >= 11 is 6.74. The van der Waals surface area contributed by atoms with Crippen LogP contribution >= 0.6 is 11.6 Å². The number of fused-ring (bicyclic) bond motifs is 3. The zero-order valence-corrected chi connectivity index (χ0v) is 20.1. The van der Waals surface area contributed by atoms with E-state index in [-0.39, 0.29) is 70.5 Å². The number of carbonyl (C=O) groups is 2. The van der Waals surface area contributed by atoms with E-state index in [0.29, 0.717) is 32.1 Å². The third-order valence-corrected chi connectivity index (χ3v) is 7.55. The average molecular weight is 515 g/mol. The number of anilines is 1. The van der Waals surface area contributed by atoms with Crippen molar-refractivity contribution in [3.63, 3.8) is 0 Å². The number of hydrogen-bond acceptors (Lipinski definition) is 7. The number of piperazine rings is 1. The van der Waals surface area contributed by atoms with Gasteiger partial charge in [0.1, 0.15) is 40.3 Å². The molecule has 0 bridgehead atoms. The molecule has 3 aliphatic heterocycles. The maximum Gasteiger partial charge on any atom is 0.261 e. The predicted octanol–water partition coefficient (Wildman–Crippen LogP) is 2.46. The van der Waals surface area contributed by atoms with E-state index in [0.717, 1.165) is 6.42 Å². The Morgan fingerprint density at radius 1 is 1.25 bits per heavy atom. The van der Waals surface area contributed by atoms with Crippen LogP contribution in [0.5, 0.6) is 11.5 Å². The summed E-state index contributed by atoms with van der Waals surface area (Å²) in [6, 6.07) is 3.58. The van der Waals surface area contributed by atoms with Gasteiger partial charge in [-0.2, -0.15) is 0 Å². The number of nitrogens with zero attached hydrogens (tertiary/aromatic N) is 4. The Morgan fingerprint density at radius 2 is 2.08 bits per heavy atom. The monoisotopic (exact) mass is 514 g/mol. The number of halogens is 2. The molecule has 0 radical (unpaired) electrons. The molecule has 0 spiro atoms. The number of carbonyl (C=O) groups excluding carboxylic acids is 2. The zero-order chi connectivity index (χ0) is 25.1. The van der Waals surface area contributed by atoms with E-state index in [1.54, 1.807) is 9.80 Å². The summed E-state index contributed by atoms with van der Waals surface area (Å²) in [6.45, 7) is 5.54. The van der Waals surface area contributed by atoms with Crippen LogP contribution in [0.2, 0.25) is 5.02 Å². The van der Waals surface area contributed by atoms with Crippen LogP contribution in [0.1, 0.15) is 16.8 Å². The van der Waals surface area contributed by atoms with E-state index in [1.165, 1.54) is 24.3 Å². The van der Waals surface area contributed by atoms with Crippen molar-refractivity contribution in [1.82, 2.24) is 14.8 Å². The first-order valence-electron chi connectivity index (χ1n) is 11.8. The molecule has 1 aliphatic carbocycles. The Balaban J connectivity index is 1.50. The number of benzene rings is 1. The summed E-state index contributed by atoms with van der Waals surface area (Å²) < 4.78 is 26.8. The lowest BCUT2D eigenvalue weighted by Crippen LogP contribution is -2.57. The highest BCUT2D eigenvalue weighted by molar-refractivity contribution is 6.35. The van der Waals surface area contributed by atoms with Gasteiger partial charge >= 0.3 is 0 Å². The van der Waals surface area contributed by atoms with E-state index < -0.39 is 11.9 Å². The molecule has 1 aromatic carbocycles. The van der Waals surface area contributed by atoms with E-state index in [2.05, 4.69) is 6.58 Å². The number of amides is 2. The van der Waals surface area contributed by atoms with Gasteiger partial charge in [0.25, 0.3) is 5.91 Å². The van der Waals surface area contributed by atoms with Crippen molar-refractivity contribution < 1.29 is 28.6 Å². The molecule has 6 rings (SSSR count). The van der Waals surface area contributed by atoms with Gasteiger partial charge in [-0.3, -0.25) is 9.59 Å². The lowest BCUT2D eigenvalue weighted by Gasteiger charge is -2.39. The molecule has 3 fully saturated rings. The minimum Gasteiger partial charge on any atom is -0.507 e. The molecule has 3 atom stereocenters. The summed E-state index contributed by atoms with van der Waals surface area (Å²) in [5.74, 6) is -1.11. The number of morpholine rings is 1. The van der Waals surface area contributed by atoms with Crippen molar-refractivity contribution in [3.8, 4) is 22.8 Å². The second-order valence-corrected chi connectivity index (χ2v) is 9.67. The first kappa shape index (κ1) is 23.1. The first-order valence-corrected chi connectivity index (χ1v) is 12.2. The molecular weight excluding hydrogens is 491 g/mol. The average Bonchev–Trinajstić information content (AvgIpc) is 3.68. The number of aromatic hydroxyl groups is 1. The van der Waals surface area contributed by atoms with Crippen LogP contribution in [0.15, 0.2) is 30.9 Å². The Bertz CT molecular complexity index is 1270. The Hall–Kier alpha value is -3.37. The molecule has 2 unspecified atom stereocenters. The Kier molecular flexibility index (Phi) is 5.53. The predicted molar refractivity (Wildman–Crippen MR) is 129 cm³/mol. The molecule has 2 aromatic rings. The lowest BCUT2D eigenvalue weighted by atomic mass is 10.0. The molecule has 188 valence electrons. The number of aromatic nitrogens is 1. The van der Waals surface area contributed by atoms with Crippen LogP contribution in [0.25, 0.3) is 11.3 Å². The van der Waals surface area contributed by atoms with Crippen LogP contribution in [0.4, 0.5) is 10.2 Å². The molecule has 2 amide bonds. The fourth-order valence-electron chi connectivity index (χ4n) is 5.29. The SMILES string of the molecule is C=CC(=O)N1CCN2C(=O)c3c(N4CCOC5CC54)nc(-c4c(O)cccc4F)c(Cl)c3OC[C@H]2C1. The van der Waals surface area contributed by atoms with Crippen molar-refractivity contribution in [2.45, 2.75) is 24.6 Å². The molecule has 4 aliphatic rings. The van der Waals surface area contributed by atoms with Gasteiger partial charge in [0, 0.05) is 26.2 Å². The van der Waals surface area contributed by atoms with Gasteiger partial charge in [-0.05, 0) is 24.6 Å². The van der Waals surface area contributed by atoms with Gasteiger partial charge in [-0.1, -0.05) is 24.2 Å². The molecule has 1 saturated carbocycles. The van der Waals surface area contributed by atoms with Crippen LogP contribution in [0, 0.1) is 5.82 Å². The minimum absolute atomic E-state index is 0.000780. The summed E-state index contributed by atoms with van der Waals surface area (Å²) in [7, 11) is 0. The van der Waals surface area contributed by atoms with Crippen LogP contribution < -0.4 is 9.64 Å². The van der Waals surface area contributed by atoms with Gasteiger partial charge in [0.2, 0.25) is 5.91 Å². The fourth-order valence-corrected chi connectivity index (χ4v) is 5.58. The van der Waals surface area contributed by atoms with E-state index in [4.69, 9.17) is 26.1 Å². The number of pyridine rings is 1. The van der Waals surface area contributed by atoms with Crippen LogP contribution in [-0.2, 0) is 9.53 Å². The summed E-state index contributed by atoms with van der Waals surface area (Å²) in [4.78, 5) is 36.2. The molecule has 36 heavy (non-hydrogen) atoms. The van der Waals surface area contributed by atoms with Crippen LogP contribution in [0.3, 0.4) is 0 Å². The third kappa shape index (κ3) is 3.58. The van der Waals surface area contributed by atoms with Gasteiger partial charge in [-0.25, -0.2) is 9.37 Å². The molecular formula is C25H24ClFN4O5. The maximum absolute atomic E-state index is 14.9. The number of ether oxygens (including phenoxy) is 2. The van der Waals surface area contributed by atoms with Crippen molar-refractivity contribution in [2.75, 3.05) is 44.3 Å². The number of phenolic OH excluding ortho intramolecular Hbond substituents is 1. The van der Waals surface area contributed by atoms with E-state index in [9.17, 15) is 19.1 Å². The van der Waals surface area contributed by atoms with Gasteiger partial charge in [0.15, 0.2) is 5.75 Å². The van der Waals surface area contributed by atoms with E-state index in [1.807, 2.05) is 4.90 Å². The second-order valence-electron chi connectivity index (χ2n) is 9.29. The van der Waals surface area contributed by atoms with Crippen molar-refractivity contribution >= 4 is 29.2 Å². The largest absolute Gasteiger partial charge is 0.507 e. The fraction of sp³-hybridized carbons (Fsp3) is 0.400. The molecule has 1 N–H and O–H groups in total. The Morgan fingerprint density at radius 3 is 2.86 bits per heavy atom. The number of phenols is 1. The molecule has 9 nitrogen and oxygen atoms in total. The normalized spacial score (nSPS) is 24.8. The van der Waals surface area contributed by atoms with E-state index >= 15 is 0 Å². The number of rotatable bonds is 3. The second kappa shape index (κ2) is 8.63. The molecule has 11 heteroatoms. The van der Waals surface area contributed by atoms with Gasteiger partial charge in [0.05, 0.1) is 30.4 Å². The lowest BCUT2D eigenvalue weighted by molar-refractivity contribution is -0.128. The summed E-state index contributed by atoms with van der Waals surface area (Å²) in [5, 5.41) is 10.4. The topological polar surface area (TPSA) is 95.4 Å². The molecule has 2 saturated heterocycles. The van der Waals surface area contributed by atoms with Gasteiger partial charge < -0.3 is 29.3 Å². The van der Waals surface area contributed by atoms with Crippen LogP contribution in [-0.4, -0.2) is 89.3 Å². The molecule has 4 heterocycles. The van der Waals surface area contributed by atoms with Crippen molar-refractivity contribution in [1.29, 1.82) is 0 Å². The highest BCUT2D eigenvalue weighted by Crippen LogP contribution is 2.48. The minimum atomic E-state index is -0.697. The third-order valence-electron chi connectivity index (χ3n) is 7.20.